The summed E-state index contributed by atoms with van der Waals surface area (Å²) in [6.45, 7) is 6.47. The van der Waals surface area contributed by atoms with Crippen molar-refractivity contribution < 1.29 is 9.53 Å². The van der Waals surface area contributed by atoms with Crippen LogP contribution in [0.2, 0.25) is 19.6 Å². The minimum Gasteiger partial charge on any atom is -0.464 e. The molecule has 0 saturated heterocycles. The van der Waals surface area contributed by atoms with E-state index in [9.17, 15) is 4.79 Å². The van der Waals surface area contributed by atoms with Crippen LogP contribution >= 0.6 is 0 Å². The van der Waals surface area contributed by atoms with Gasteiger partial charge in [0.15, 0.2) is 0 Å². The van der Waals surface area contributed by atoms with Crippen LogP contribution in [0.1, 0.15) is 16.2 Å². The third-order valence-electron chi connectivity index (χ3n) is 1.71. The van der Waals surface area contributed by atoms with Crippen molar-refractivity contribution in [2.24, 2.45) is 0 Å². The SMILES string of the molecule is COC(=O)c1cccc(C#C[Si](C)(C)C)n1. The van der Waals surface area contributed by atoms with Crippen LogP contribution in [-0.2, 0) is 4.74 Å². The average Bonchev–Trinajstić information content (AvgIpc) is 2.25. The molecule has 3 nitrogen and oxygen atoms in total. The van der Waals surface area contributed by atoms with Gasteiger partial charge >= 0.3 is 5.97 Å². The summed E-state index contributed by atoms with van der Waals surface area (Å²) >= 11 is 0. The van der Waals surface area contributed by atoms with Crippen molar-refractivity contribution >= 4 is 14.0 Å². The molecule has 1 aromatic heterocycles. The van der Waals surface area contributed by atoms with Crippen LogP contribution in [0.25, 0.3) is 0 Å². The largest absolute Gasteiger partial charge is 0.464 e. The van der Waals surface area contributed by atoms with E-state index in [1.54, 1.807) is 18.2 Å². The lowest BCUT2D eigenvalue weighted by atomic mass is 10.3. The van der Waals surface area contributed by atoms with E-state index in [1.807, 2.05) is 0 Å². The van der Waals surface area contributed by atoms with Crippen molar-refractivity contribution in [3.8, 4) is 11.5 Å². The van der Waals surface area contributed by atoms with Crippen LogP contribution in [0.3, 0.4) is 0 Å². The van der Waals surface area contributed by atoms with Crippen molar-refractivity contribution in [2.75, 3.05) is 7.11 Å². The third kappa shape index (κ3) is 3.87. The molecule has 84 valence electrons. The van der Waals surface area contributed by atoms with Crippen molar-refractivity contribution in [3.05, 3.63) is 29.6 Å². The number of ether oxygens (including phenoxy) is 1. The summed E-state index contributed by atoms with van der Waals surface area (Å²) in [4.78, 5) is 15.4. The number of rotatable bonds is 1. The zero-order valence-corrected chi connectivity index (χ0v) is 11.0. The first-order valence-corrected chi connectivity index (χ1v) is 8.51. The number of methoxy groups -OCH3 is 1. The second-order valence-electron chi connectivity index (χ2n) is 4.40. The van der Waals surface area contributed by atoms with E-state index in [0.29, 0.717) is 11.4 Å². The lowest BCUT2D eigenvalue weighted by Crippen LogP contribution is -2.16. The Bertz CT molecular complexity index is 452. The number of nitrogens with zero attached hydrogens (tertiary/aromatic N) is 1. The molecule has 4 heteroatoms. The van der Waals surface area contributed by atoms with E-state index < -0.39 is 14.0 Å². The first-order valence-electron chi connectivity index (χ1n) is 5.01. The Morgan fingerprint density at radius 1 is 1.38 bits per heavy atom. The van der Waals surface area contributed by atoms with Gasteiger partial charge in [-0.1, -0.05) is 31.6 Å². The van der Waals surface area contributed by atoms with Crippen LogP contribution < -0.4 is 0 Å². The Morgan fingerprint density at radius 2 is 2.06 bits per heavy atom. The molecule has 0 aromatic carbocycles. The maximum Gasteiger partial charge on any atom is 0.356 e. The molecule has 0 radical (unpaired) electrons. The van der Waals surface area contributed by atoms with Gasteiger partial charge in [-0.25, -0.2) is 9.78 Å². The third-order valence-corrected chi connectivity index (χ3v) is 2.58. The lowest BCUT2D eigenvalue weighted by Gasteiger charge is -2.03. The predicted octanol–water partition coefficient (Wildman–Crippen LogP) is 2.10. The van der Waals surface area contributed by atoms with Crippen molar-refractivity contribution in [2.45, 2.75) is 19.6 Å². The summed E-state index contributed by atoms with van der Waals surface area (Å²) in [6, 6.07) is 5.17. The number of aromatic nitrogens is 1. The summed E-state index contributed by atoms with van der Waals surface area (Å²) in [5, 5.41) is 0. The molecule has 0 saturated carbocycles. The molecular formula is C12H15NO2Si. The van der Waals surface area contributed by atoms with E-state index in [2.05, 4.69) is 40.8 Å². The fourth-order valence-corrected chi connectivity index (χ4v) is 1.48. The second kappa shape index (κ2) is 4.95. The fourth-order valence-electron chi connectivity index (χ4n) is 0.974. The zero-order chi connectivity index (χ0) is 12.2. The molecule has 16 heavy (non-hydrogen) atoms. The Kier molecular flexibility index (Phi) is 3.86. The minimum atomic E-state index is -1.41. The van der Waals surface area contributed by atoms with Gasteiger partial charge in [-0.05, 0) is 12.1 Å². The first-order chi connectivity index (χ1) is 7.42. The number of carbonyl (C=O) groups is 1. The predicted molar refractivity (Wildman–Crippen MR) is 65.8 cm³/mol. The van der Waals surface area contributed by atoms with Crippen LogP contribution in [0, 0.1) is 11.5 Å². The molecule has 0 amide bonds. The van der Waals surface area contributed by atoms with Gasteiger partial charge in [-0.3, -0.25) is 0 Å². The van der Waals surface area contributed by atoms with Crippen LogP contribution in [0.15, 0.2) is 18.2 Å². The standard InChI is InChI=1S/C12H15NO2Si/c1-15-12(14)11-7-5-6-10(13-11)8-9-16(2,3)4/h5-7H,1-4H3. The molecule has 0 aliphatic heterocycles. The second-order valence-corrected chi connectivity index (χ2v) is 9.15. The number of pyridine rings is 1. The first kappa shape index (κ1) is 12.5. The lowest BCUT2D eigenvalue weighted by molar-refractivity contribution is 0.0594. The highest BCUT2D eigenvalue weighted by molar-refractivity contribution is 6.83. The molecule has 0 fully saturated rings. The molecular weight excluding hydrogens is 218 g/mol. The molecule has 1 rings (SSSR count). The number of carbonyl (C=O) groups excluding carboxylic acids is 1. The van der Waals surface area contributed by atoms with E-state index in [-0.39, 0.29) is 0 Å². The van der Waals surface area contributed by atoms with Crippen molar-refractivity contribution in [1.29, 1.82) is 0 Å². The molecule has 1 aromatic rings. The molecule has 0 unspecified atom stereocenters. The summed E-state index contributed by atoms with van der Waals surface area (Å²) < 4.78 is 4.60. The maximum atomic E-state index is 11.2. The van der Waals surface area contributed by atoms with E-state index in [4.69, 9.17) is 0 Å². The van der Waals surface area contributed by atoms with Gasteiger partial charge in [0, 0.05) is 0 Å². The Balaban J connectivity index is 2.99. The zero-order valence-electron chi connectivity index (χ0n) is 10.00. The number of esters is 1. The molecule has 0 aliphatic carbocycles. The summed E-state index contributed by atoms with van der Waals surface area (Å²) in [5.74, 6) is 2.56. The monoisotopic (exact) mass is 233 g/mol. The number of hydrogen-bond acceptors (Lipinski definition) is 3. The van der Waals surface area contributed by atoms with Gasteiger partial charge in [0.25, 0.3) is 0 Å². The normalized spacial score (nSPS) is 10.2. The quantitative estimate of drug-likeness (QED) is 0.423. The Labute approximate surface area is 96.9 Å². The topological polar surface area (TPSA) is 39.2 Å². The highest BCUT2D eigenvalue weighted by atomic mass is 28.3. The highest BCUT2D eigenvalue weighted by Gasteiger charge is 2.09. The Morgan fingerprint density at radius 3 is 2.62 bits per heavy atom. The van der Waals surface area contributed by atoms with E-state index in [0.717, 1.165) is 0 Å². The van der Waals surface area contributed by atoms with Crippen LogP contribution in [0.5, 0.6) is 0 Å². The minimum absolute atomic E-state index is 0.296. The van der Waals surface area contributed by atoms with Gasteiger partial charge in [-0.2, -0.15) is 0 Å². The van der Waals surface area contributed by atoms with Gasteiger partial charge in [0.2, 0.25) is 0 Å². The smallest absolute Gasteiger partial charge is 0.356 e. The van der Waals surface area contributed by atoms with Gasteiger partial charge in [-0.15, -0.1) is 5.54 Å². The van der Waals surface area contributed by atoms with Crippen LogP contribution in [-0.4, -0.2) is 26.1 Å². The highest BCUT2D eigenvalue weighted by Crippen LogP contribution is 2.02. The van der Waals surface area contributed by atoms with Gasteiger partial charge < -0.3 is 4.74 Å². The molecule has 0 atom stereocenters. The summed E-state index contributed by atoms with van der Waals surface area (Å²) in [5.41, 5.74) is 4.11. The summed E-state index contributed by atoms with van der Waals surface area (Å²) in [7, 11) is -0.0724. The molecule has 0 N–H and O–H groups in total. The average molecular weight is 233 g/mol. The molecule has 0 spiro atoms. The van der Waals surface area contributed by atoms with E-state index >= 15 is 0 Å². The summed E-state index contributed by atoms with van der Waals surface area (Å²) in [6.07, 6.45) is 0. The molecule has 1 heterocycles. The van der Waals surface area contributed by atoms with Crippen LogP contribution in [0.4, 0.5) is 0 Å². The molecule has 0 aliphatic rings. The van der Waals surface area contributed by atoms with E-state index in [1.165, 1.54) is 7.11 Å². The van der Waals surface area contributed by atoms with Crippen molar-refractivity contribution in [1.82, 2.24) is 4.98 Å². The maximum absolute atomic E-state index is 11.2. The van der Waals surface area contributed by atoms with Gasteiger partial charge in [0.05, 0.1) is 7.11 Å². The fraction of sp³-hybridized carbons (Fsp3) is 0.333. The number of hydrogen-bond donors (Lipinski definition) is 0. The Hall–Kier alpha value is -1.60. The molecule has 0 bridgehead atoms. The van der Waals surface area contributed by atoms with Crippen molar-refractivity contribution in [3.63, 3.8) is 0 Å². The van der Waals surface area contributed by atoms with Gasteiger partial charge in [0.1, 0.15) is 19.5 Å².